The number of alkyl carbamates (subject to hydrolysis) is 1. The minimum atomic E-state index is -0.487. The lowest BCUT2D eigenvalue weighted by molar-refractivity contribution is 0.0496. The van der Waals surface area contributed by atoms with Crippen molar-refractivity contribution in [2.45, 2.75) is 45.3 Å². The molecule has 1 aliphatic rings. The van der Waals surface area contributed by atoms with Crippen LogP contribution in [-0.2, 0) is 9.47 Å². The fourth-order valence-corrected chi connectivity index (χ4v) is 2.70. The summed E-state index contributed by atoms with van der Waals surface area (Å²) in [5, 5.41) is 2.92. The molecule has 0 atom stereocenters. The molecule has 0 aliphatic carbocycles. The van der Waals surface area contributed by atoms with Crippen molar-refractivity contribution in [1.82, 2.24) is 5.32 Å². The van der Waals surface area contributed by atoms with Crippen LogP contribution < -0.4 is 10.2 Å². The number of nitrogens with one attached hydrogen (secondary N) is 1. The van der Waals surface area contributed by atoms with Crippen LogP contribution in [0.3, 0.4) is 0 Å². The summed E-state index contributed by atoms with van der Waals surface area (Å²) in [5.41, 5.74) is 1.05. The standard InChI is InChI=1S/C18H26N2O4/c1-18(2,3)24-17(22)19-14-8-10-20(11-9-14)15-7-5-6-13(12-15)16(21)23-4/h5-7,12,14H,8-11H2,1-4H3,(H,19,22). The fraction of sp³-hybridized carbons (Fsp3) is 0.556. The van der Waals surface area contributed by atoms with Crippen molar-refractivity contribution in [1.29, 1.82) is 0 Å². The van der Waals surface area contributed by atoms with Gasteiger partial charge in [0.2, 0.25) is 0 Å². The molecule has 0 spiro atoms. The van der Waals surface area contributed by atoms with Gasteiger partial charge in [0.15, 0.2) is 0 Å². The molecule has 1 aliphatic heterocycles. The van der Waals surface area contributed by atoms with Crippen molar-refractivity contribution in [3.05, 3.63) is 29.8 Å². The summed E-state index contributed by atoms with van der Waals surface area (Å²) in [6.45, 7) is 7.17. The van der Waals surface area contributed by atoms with Crippen molar-refractivity contribution >= 4 is 17.7 Å². The van der Waals surface area contributed by atoms with E-state index < -0.39 is 5.60 Å². The monoisotopic (exact) mass is 334 g/mol. The molecular weight excluding hydrogens is 308 g/mol. The zero-order chi connectivity index (χ0) is 17.7. The molecule has 1 N–H and O–H groups in total. The number of hydrogen-bond acceptors (Lipinski definition) is 5. The molecular formula is C18H26N2O4. The molecule has 1 amide bonds. The highest BCUT2D eigenvalue weighted by molar-refractivity contribution is 5.90. The Morgan fingerprint density at radius 3 is 2.46 bits per heavy atom. The van der Waals surface area contributed by atoms with Gasteiger partial charge in [-0.1, -0.05) is 6.07 Å². The van der Waals surface area contributed by atoms with Crippen LogP contribution >= 0.6 is 0 Å². The minimum absolute atomic E-state index is 0.111. The summed E-state index contributed by atoms with van der Waals surface area (Å²) in [5.74, 6) is -0.335. The van der Waals surface area contributed by atoms with Crippen LogP contribution in [0.15, 0.2) is 24.3 Å². The van der Waals surface area contributed by atoms with Gasteiger partial charge in [0, 0.05) is 24.8 Å². The van der Waals surface area contributed by atoms with Gasteiger partial charge in [-0.15, -0.1) is 0 Å². The van der Waals surface area contributed by atoms with Gasteiger partial charge in [-0.05, 0) is 51.8 Å². The Kier molecular flexibility index (Phi) is 5.70. The largest absolute Gasteiger partial charge is 0.465 e. The molecule has 1 fully saturated rings. The summed E-state index contributed by atoms with van der Waals surface area (Å²) in [6, 6.07) is 7.53. The van der Waals surface area contributed by atoms with E-state index in [-0.39, 0.29) is 18.1 Å². The molecule has 0 unspecified atom stereocenters. The van der Waals surface area contributed by atoms with Gasteiger partial charge in [-0.25, -0.2) is 9.59 Å². The average molecular weight is 334 g/mol. The van der Waals surface area contributed by atoms with E-state index >= 15 is 0 Å². The van der Waals surface area contributed by atoms with Crippen LogP contribution in [0.1, 0.15) is 44.0 Å². The molecule has 0 saturated carbocycles. The Balaban J connectivity index is 1.89. The first-order valence-corrected chi connectivity index (χ1v) is 8.21. The van der Waals surface area contributed by atoms with E-state index in [0.717, 1.165) is 31.6 Å². The highest BCUT2D eigenvalue weighted by Gasteiger charge is 2.24. The number of carbonyl (C=O) groups is 2. The van der Waals surface area contributed by atoms with Crippen molar-refractivity contribution in [2.75, 3.05) is 25.1 Å². The molecule has 1 saturated heterocycles. The van der Waals surface area contributed by atoms with E-state index in [4.69, 9.17) is 9.47 Å². The number of rotatable bonds is 3. The van der Waals surface area contributed by atoms with Gasteiger partial charge < -0.3 is 19.7 Å². The number of ether oxygens (including phenoxy) is 2. The van der Waals surface area contributed by atoms with E-state index in [0.29, 0.717) is 5.56 Å². The van der Waals surface area contributed by atoms with E-state index in [1.807, 2.05) is 39.0 Å². The van der Waals surface area contributed by atoms with Gasteiger partial charge >= 0.3 is 12.1 Å². The molecule has 132 valence electrons. The van der Waals surface area contributed by atoms with Crippen LogP contribution in [-0.4, -0.2) is 43.9 Å². The molecule has 24 heavy (non-hydrogen) atoms. The van der Waals surface area contributed by atoms with Crippen molar-refractivity contribution in [3.63, 3.8) is 0 Å². The van der Waals surface area contributed by atoms with Crippen LogP contribution in [0.25, 0.3) is 0 Å². The summed E-state index contributed by atoms with van der Waals surface area (Å²) in [7, 11) is 1.38. The third-order valence-electron chi connectivity index (χ3n) is 3.85. The predicted molar refractivity (Wildman–Crippen MR) is 92.4 cm³/mol. The molecule has 0 bridgehead atoms. The maximum Gasteiger partial charge on any atom is 0.407 e. The van der Waals surface area contributed by atoms with Gasteiger partial charge in [-0.2, -0.15) is 0 Å². The summed E-state index contributed by atoms with van der Waals surface area (Å²) >= 11 is 0. The summed E-state index contributed by atoms with van der Waals surface area (Å²) < 4.78 is 10.1. The van der Waals surface area contributed by atoms with E-state index in [1.54, 1.807) is 6.07 Å². The molecule has 1 aromatic carbocycles. The van der Waals surface area contributed by atoms with Crippen LogP contribution in [0.2, 0.25) is 0 Å². The fourth-order valence-electron chi connectivity index (χ4n) is 2.70. The number of anilines is 1. The first-order chi connectivity index (χ1) is 11.3. The Morgan fingerprint density at radius 2 is 1.88 bits per heavy atom. The van der Waals surface area contributed by atoms with E-state index in [1.165, 1.54) is 7.11 Å². The normalized spacial score (nSPS) is 15.8. The van der Waals surface area contributed by atoms with E-state index in [2.05, 4.69) is 10.2 Å². The number of benzene rings is 1. The quantitative estimate of drug-likeness (QED) is 0.861. The average Bonchev–Trinajstić information content (AvgIpc) is 2.53. The van der Waals surface area contributed by atoms with Gasteiger partial charge in [0.05, 0.1) is 12.7 Å². The molecule has 1 heterocycles. The zero-order valence-electron chi connectivity index (χ0n) is 14.8. The Morgan fingerprint density at radius 1 is 1.21 bits per heavy atom. The minimum Gasteiger partial charge on any atom is -0.465 e. The summed E-state index contributed by atoms with van der Waals surface area (Å²) in [4.78, 5) is 25.7. The lowest BCUT2D eigenvalue weighted by Crippen LogP contribution is -2.46. The summed E-state index contributed by atoms with van der Waals surface area (Å²) in [6.07, 6.45) is 1.30. The topological polar surface area (TPSA) is 67.9 Å². The zero-order valence-corrected chi connectivity index (χ0v) is 14.8. The second-order valence-electron chi connectivity index (χ2n) is 6.95. The molecule has 0 aromatic heterocycles. The van der Waals surface area contributed by atoms with Gasteiger partial charge in [0.1, 0.15) is 5.60 Å². The second-order valence-corrected chi connectivity index (χ2v) is 6.95. The number of nitrogens with zero attached hydrogens (tertiary/aromatic N) is 1. The van der Waals surface area contributed by atoms with Gasteiger partial charge in [-0.3, -0.25) is 0 Å². The van der Waals surface area contributed by atoms with Crippen molar-refractivity contribution in [3.8, 4) is 0 Å². The smallest absolute Gasteiger partial charge is 0.407 e. The van der Waals surface area contributed by atoms with Crippen molar-refractivity contribution < 1.29 is 19.1 Å². The van der Waals surface area contributed by atoms with Gasteiger partial charge in [0.25, 0.3) is 0 Å². The maximum atomic E-state index is 11.8. The maximum absolute atomic E-state index is 11.8. The SMILES string of the molecule is COC(=O)c1cccc(N2CCC(NC(=O)OC(C)(C)C)CC2)c1. The van der Waals surface area contributed by atoms with Crippen molar-refractivity contribution in [2.24, 2.45) is 0 Å². The second kappa shape index (κ2) is 7.55. The predicted octanol–water partition coefficient (Wildman–Crippen LogP) is 2.97. The Bertz CT molecular complexity index is 587. The number of amides is 1. The third kappa shape index (κ3) is 5.15. The van der Waals surface area contributed by atoms with E-state index in [9.17, 15) is 9.59 Å². The first kappa shape index (κ1) is 18.1. The number of esters is 1. The van der Waals surface area contributed by atoms with Crippen LogP contribution in [0.5, 0.6) is 0 Å². The third-order valence-corrected chi connectivity index (χ3v) is 3.85. The number of methoxy groups -OCH3 is 1. The molecule has 6 nitrogen and oxygen atoms in total. The number of hydrogen-bond donors (Lipinski definition) is 1. The molecule has 1 aromatic rings. The Hall–Kier alpha value is -2.24. The molecule has 6 heteroatoms. The number of piperidine rings is 1. The molecule has 2 rings (SSSR count). The lowest BCUT2D eigenvalue weighted by atomic mass is 10.0. The molecule has 0 radical (unpaired) electrons. The highest BCUT2D eigenvalue weighted by atomic mass is 16.6. The highest BCUT2D eigenvalue weighted by Crippen LogP contribution is 2.22. The first-order valence-electron chi connectivity index (χ1n) is 8.21. The lowest BCUT2D eigenvalue weighted by Gasteiger charge is -2.34. The number of carbonyl (C=O) groups excluding carboxylic acids is 2. The Labute approximate surface area is 143 Å². The van der Waals surface area contributed by atoms with Crippen LogP contribution in [0, 0.1) is 0 Å². The van der Waals surface area contributed by atoms with Crippen LogP contribution in [0.4, 0.5) is 10.5 Å².